The van der Waals surface area contributed by atoms with Gasteiger partial charge >= 0.3 is 6.18 Å². The lowest BCUT2D eigenvalue weighted by molar-refractivity contribution is -0.249. The summed E-state index contributed by atoms with van der Waals surface area (Å²) in [7, 11) is 1.37. The van der Waals surface area contributed by atoms with Crippen LogP contribution >= 0.6 is 0 Å². The van der Waals surface area contributed by atoms with Gasteiger partial charge in [0.2, 0.25) is 0 Å². The highest BCUT2D eigenvalue weighted by atomic mass is 19.4. The molecule has 0 spiro atoms. The second kappa shape index (κ2) is 4.43. The Balaban J connectivity index is 2.42. The number of nitrogens with zero attached hydrogens (tertiary/aromatic N) is 1. The lowest BCUT2D eigenvalue weighted by Gasteiger charge is -2.59. The second-order valence-electron chi connectivity index (χ2n) is 5.66. The number of halogens is 3. The van der Waals surface area contributed by atoms with E-state index >= 15 is 0 Å². The molecule has 0 aromatic rings. The van der Waals surface area contributed by atoms with E-state index in [-0.39, 0.29) is 19.6 Å². The van der Waals surface area contributed by atoms with Crippen molar-refractivity contribution >= 4 is 5.78 Å². The summed E-state index contributed by atoms with van der Waals surface area (Å²) in [6.45, 7) is 0.890. The van der Waals surface area contributed by atoms with E-state index in [0.717, 1.165) is 0 Å². The summed E-state index contributed by atoms with van der Waals surface area (Å²) in [6.07, 6.45) is -4.24. The first kappa shape index (κ1) is 14.7. The maximum absolute atomic E-state index is 13.1. The van der Waals surface area contributed by atoms with Gasteiger partial charge in [0.1, 0.15) is 5.54 Å². The van der Waals surface area contributed by atoms with Crippen molar-refractivity contribution in [3.05, 3.63) is 0 Å². The smallest absolute Gasteiger partial charge is 0.393 e. The van der Waals surface area contributed by atoms with E-state index in [1.165, 1.54) is 18.9 Å². The van der Waals surface area contributed by atoms with Crippen LogP contribution in [0.3, 0.4) is 0 Å². The van der Waals surface area contributed by atoms with Gasteiger partial charge in [-0.1, -0.05) is 6.92 Å². The van der Waals surface area contributed by atoms with Crippen molar-refractivity contribution in [1.82, 2.24) is 4.90 Å². The van der Waals surface area contributed by atoms with Crippen LogP contribution in [-0.4, -0.2) is 60.9 Å². The maximum Gasteiger partial charge on any atom is 0.393 e. The van der Waals surface area contributed by atoms with Gasteiger partial charge in [-0.05, 0) is 6.42 Å². The second-order valence-corrected chi connectivity index (χ2v) is 5.66. The van der Waals surface area contributed by atoms with Gasteiger partial charge in [0.05, 0.1) is 19.1 Å². The molecular formula is C12H18F3NO3. The number of methoxy groups -OCH3 is 1. The number of ketones is 1. The van der Waals surface area contributed by atoms with E-state index in [1.54, 1.807) is 0 Å². The first-order valence-electron chi connectivity index (χ1n) is 6.19. The zero-order chi connectivity index (χ0) is 14.5. The maximum atomic E-state index is 13.1. The SMILES string of the molecule is COC[C@@]1(CO)C(=O)[C@]2(C)CCN1C[C@@H]2C(F)(F)F. The van der Waals surface area contributed by atoms with E-state index in [9.17, 15) is 23.1 Å². The Morgan fingerprint density at radius 2 is 2.16 bits per heavy atom. The lowest BCUT2D eigenvalue weighted by Crippen LogP contribution is -2.76. The van der Waals surface area contributed by atoms with Crippen LogP contribution in [0.25, 0.3) is 0 Å². The van der Waals surface area contributed by atoms with Crippen molar-refractivity contribution in [1.29, 1.82) is 0 Å². The van der Waals surface area contributed by atoms with Crippen molar-refractivity contribution in [3.8, 4) is 0 Å². The summed E-state index contributed by atoms with van der Waals surface area (Å²) >= 11 is 0. The van der Waals surface area contributed by atoms with Gasteiger partial charge in [-0.2, -0.15) is 13.2 Å². The van der Waals surface area contributed by atoms with Crippen molar-refractivity contribution in [3.63, 3.8) is 0 Å². The van der Waals surface area contributed by atoms with E-state index in [4.69, 9.17) is 4.74 Å². The van der Waals surface area contributed by atoms with E-state index in [0.29, 0.717) is 6.54 Å². The minimum Gasteiger partial charge on any atom is -0.394 e. The summed E-state index contributed by atoms with van der Waals surface area (Å²) in [4.78, 5) is 14.0. The molecular weight excluding hydrogens is 263 g/mol. The zero-order valence-corrected chi connectivity index (χ0v) is 11.0. The fourth-order valence-electron chi connectivity index (χ4n) is 3.47. The molecule has 19 heavy (non-hydrogen) atoms. The van der Waals surface area contributed by atoms with E-state index < -0.39 is 35.4 Å². The van der Waals surface area contributed by atoms with Crippen molar-refractivity contribution in [2.24, 2.45) is 11.3 Å². The predicted molar refractivity (Wildman–Crippen MR) is 60.5 cm³/mol. The molecule has 0 saturated carbocycles. The number of rotatable bonds is 3. The number of ether oxygens (including phenoxy) is 1. The number of hydrogen-bond acceptors (Lipinski definition) is 4. The van der Waals surface area contributed by atoms with Crippen molar-refractivity contribution < 1.29 is 27.8 Å². The molecule has 7 heteroatoms. The summed E-state index contributed by atoms with van der Waals surface area (Å²) in [5, 5.41) is 9.54. The highest BCUT2D eigenvalue weighted by molar-refractivity contribution is 5.95. The van der Waals surface area contributed by atoms with Crippen LogP contribution in [0.5, 0.6) is 0 Å². The Labute approximate surface area is 109 Å². The molecule has 0 radical (unpaired) electrons. The predicted octanol–water partition coefficient (Wildman–Crippen LogP) is 0.837. The Kier molecular flexibility index (Phi) is 3.43. The molecule has 4 nitrogen and oxygen atoms in total. The third-order valence-corrected chi connectivity index (χ3v) is 4.66. The Morgan fingerprint density at radius 3 is 2.63 bits per heavy atom. The monoisotopic (exact) mass is 281 g/mol. The number of hydrogen-bond donors (Lipinski definition) is 1. The molecule has 1 N–H and O–H groups in total. The molecule has 110 valence electrons. The van der Waals surface area contributed by atoms with Crippen LogP contribution in [0.2, 0.25) is 0 Å². The summed E-state index contributed by atoms with van der Waals surface area (Å²) in [5.41, 5.74) is -2.78. The average molecular weight is 281 g/mol. The zero-order valence-electron chi connectivity index (χ0n) is 11.0. The van der Waals surface area contributed by atoms with Gasteiger partial charge in [-0.25, -0.2) is 0 Å². The van der Waals surface area contributed by atoms with Gasteiger partial charge in [-0.15, -0.1) is 0 Å². The molecule has 3 aliphatic heterocycles. The number of piperidine rings is 3. The third kappa shape index (κ3) is 1.90. The molecule has 0 amide bonds. The molecule has 4 atom stereocenters. The average Bonchev–Trinajstić information content (AvgIpc) is 2.33. The molecule has 3 saturated heterocycles. The fraction of sp³-hybridized carbons (Fsp3) is 0.917. The van der Waals surface area contributed by atoms with Gasteiger partial charge in [-0.3, -0.25) is 9.69 Å². The van der Waals surface area contributed by atoms with Gasteiger partial charge < -0.3 is 9.84 Å². The topological polar surface area (TPSA) is 49.8 Å². The lowest BCUT2D eigenvalue weighted by atomic mass is 9.58. The van der Waals surface area contributed by atoms with E-state index in [2.05, 4.69) is 0 Å². The first-order valence-corrected chi connectivity index (χ1v) is 6.19. The standard InChI is InChI=1S/C12H18F3NO3/c1-10-3-4-16(5-8(10)12(13,14)15)11(6-17,7-19-2)9(10)18/h8,17H,3-7H2,1-2H3/t8-,10+,11-/m0/s1. The van der Waals surface area contributed by atoms with Crippen molar-refractivity contribution in [2.45, 2.75) is 25.1 Å². The van der Waals surface area contributed by atoms with E-state index in [1.807, 2.05) is 0 Å². The number of fused-ring (bicyclic) bond motifs is 3. The Hall–Kier alpha value is -0.660. The van der Waals surface area contributed by atoms with Crippen LogP contribution in [0.4, 0.5) is 13.2 Å². The summed E-state index contributed by atoms with van der Waals surface area (Å²) in [5.74, 6) is -2.22. The minimum absolute atomic E-state index is 0.0809. The Morgan fingerprint density at radius 1 is 1.53 bits per heavy atom. The molecule has 0 aromatic carbocycles. The molecule has 0 aliphatic carbocycles. The van der Waals surface area contributed by atoms with Crippen LogP contribution in [-0.2, 0) is 9.53 Å². The third-order valence-electron chi connectivity index (χ3n) is 4.66. The molecule has 1 unspecified atom stereocenters. The number of carbonyl (C=O) groups is 1. The van der Waals surface area contributed by atoms with Crippen molar-refractivity contribution in [2.75, 3.05) is 33.4 Å². The fourth-order valence-corrected chi connectivity index (χ4v) is 3.47. The number of aliphatic hydroxyl groups is 1. The minimum atomic E-state index is -4.40. The molecule has 0 aromatic heterocycles. The number of Topliss-reactive ketones (excluding diaryl/α,β-unsaturated/α-hetero) is 1. The number of aliphatic hydroxyl groups excluding tert-OH is 1. The highest BCUT2D eigenvalue weighted by Crippen LogP contribution is 2.53. The normalized spacial score (nSPS) is 42.7. The molecule has 2 bridgehead atoms. The van der Waals surface area contributed by atoms with Gasteiger partial charge in [0.15, 0.2) is 5.78 Å². The summed E-state index contributed by atoms with van der Waals surface area (Å²) < 4.78 is 44.2. The molecule has 3 heterocycles. The molecule has 3 rings (SSSR count). The first-order chi connectivity index (χ1) is 8.72. The van der Waals surface area contributed by atoms with Gasteiger partial charge in [0, 0.05) is 25.6 Å². The van der Waals surface area contributed by atoms with Crippen LogP contribution in [0.15, 0.2) is 0 Å². The van der Waals surface area contributed by atoms with Gasteiger partial charge in [0.25, 0.3) is 0 Å². The quantitative estimate of drug-likeness (QED) is 0.833. The summed E-state index contributed by atoms with van der Waals surface area (Å²) in [6, 6.07) is 0. The molecule has 3 aliphatic rings. The number of carbonyl (C=O) groups excluding carboxylic acids is 1. The molecule has 3 fully saturated rings. The van der Waals surface area contributed by atoms with Crippen LogP contribution in [0, 0.1) is 11.3 Å². The Bertz CT molecular complexity index is 387. The highest BCUT2D eigenvalue weighted by Gasteiger charge is 2.67. The van der Waals surface area contributed by atoms with Crippen LogP contribution < -0.4 is 0 Å². The largest absolute Gasteiger partial charge is 0.394 e. The van der Waals surface area contributed by atoms with Crippen LogP contribution in [0.1, 0.15) is 13.3 Å². The number of alkyl halides is 3.